The first-order chi connectivity index (χ1) is 14.3. The number of fused-ring (bicyclic) bond motifs is 1. The summed E-state index contributed by atoms with van der Waals surface area (Å²) >= 11 is 0. The van der Waals surface area contributed by atoms with E-state index in [0.29, 0.717) is 29.3 Å². The quantitative estimate of drug-likeness (QED) is 0.459. The van der Waals surface area contributed by atoms with Crippen molar-refractivity contribution < 1.29 is 21.6 Å². The van der Waals surface area contributed by atoms with Gasteiger partial charge in [-0.1, -0.05) is 6.07 Å². The Labute approximate surface area is 171 Å². The number of aromatic nitrogens is 1. The van der Waals surface area contributed by atoms with E-state index in [0.717, 1.165) is 23.7 Å². The Morgan fingerprint density at radius 1 is 1.00 bits per heavy atom. The topological polar surface area (TPSA) is 84.2 Å². The number of sulfonamides is 1. The van der Waals surface area contributed by atoms with Crippen LogP contribution in [0.1, 0.15) is 11.5 Å². The Balaban J connectivity index is 1.60. The van der Waals surface area contributed by atoms with Crippen LogP contribution in [-0.2, 0) is 16.6 Å². The van der Waals surface area contributed by atoms with E-state index in [1.807, 2.05) is 19.1 Å². The molecule has 0 radical (unpaired) electrons. The Bertz CT molecular complexity index is 1320. The Hall–Kier alpha value is -3.46. The van der Waals surface area contributed by atoms with Crippen molar-refractivity contribution in [2.75, 3.05) is 10.0 Å². The summed E-state index contributed by atoms with van der Waals surface area (Å²) in [4.78, 5) is 3.98. The average molecular weight is 429 g/mol. The number of hydrogen-bond acceptors (Lipinski definition) is 5. The number of rotatable bonds is 6. The second-order valence-corrected chi connectivity index (χ2v) is 8.33. The lowest BCUT2D eigenvalue weighted by Gasteiger charge is -2.12. The minimum Gasteiger partial charge on any atom is -0.465 e. The third-order valence-corrected chi connectivity index (χ3v) is 5.71. The van der Waals surface area contributed by atoms with E-state index < -0.39 is 26.6 Å². The standard InChI is InChI=1S/C21H17F2N3O3S/c1-13-5-6-16(29-13)12-24-21-8-7-18-19(25-21)3-2-4-20(18)26-30(27,28)17-10-14(22)9-15(23)11-17/h2-11,26H,12H2,1H3,(H,24,25). The van der Waals surface area contributed by atoms with E-state index in [1.54, 1.807) is 30.3 Å². The highest BCUT2D eigenvalue weighted by atomic mass is 32.2. The zero-order valence-electron chi connectivity index (χ0n) is 15.8. The van der Waals surface area contributed by atoms with Crippen molar-refractivity contribution in [3.05, 3.63) is 83.8 Å². The number of aryl methyl sites for hydroxylation is 1. The molecule has 0 aliphatic heterocycles. The van der Waals surface area contributed by atoms with Gasteiger partial charge in [0.25, 0.3) is 10.0 Å². The van der Waals surface area contributed by atoms with E-state index in [1.165, 1.54) is 0 Å². The van der Waals surface area contributed by atoms with Crippen molar-refractivity contribution in [1.29, 1.82) is 0 Å². The van der Waals surface area contributed by atoms with Crippen LogP contribution < -0.4 is 10.0 Å². The maximum Gasteiger partial charge on any atom is 0.262 e. The smallest absolute Gasteiger partial charge is 0.262 e. The Morgan fingerprint density at radius 3 is 2.47 bits per heavy atom. The fraction of sp³-hybridized carbons (Fsp3) is 0.0952. The number of nitrogens with one attached hydrogen (secondary N) is 2. The molecule has 0 saturated heterocycles. The van der Waals surface area contributed by atoms with Crippen LogP contribution in [0.25, 0.3) is 10.9 Å². The molecule has 0 fully saturated rings. The normalized spacial score (nSPS) is 11.6. The van der Waals surface area contributed by atoms with E-state index >= 15 is 0 Å². The summed E-state index contributed by atoms with van der Waals surface area (Å²) in [6.07, 6.45) is 0. The van der Waals surface area contributed by atoms with Crippen LogP contribution in [0.2, 0.25) is 0 Å². The molecule has 0 saturated carbocycles. The molecule has 0 atom stereocenters. The summed E-state index contributed by atoms with van der Waals surface area (Å²) in [6.45, 7) is 2.31. The fourth-order valence-corrected chi connectivity index (χ4v) is 4.11. The number of benzene rings is 2. The molecule has 0 bridgehead atoms. The van der Waals surface area contributed by atoms with Gasteiger partial charge in [-0.15, -0.1) is 0 Å². The molecule has 2 aromatic carbocycles. The van der Waals surface area contributed by atoms with E-state index in [-0.39, 0.29) is 5.69 Å². The monoisotopic (exact) mass is 429 g/mol. The van der Waals surface area contributed by atoms with Crippen LogP contribution in [0.3, 0.4) is 0 Å². The molecule has 9 heteroatoms. The van der Waals surface area contributed by atoms with E-state index in [9.17, 15) is 17.2 Å². The van der Waals surface area contributed by atoms with Gasteiger partial charge in [-0.05, 0) is 55.5 Å². The van der Waals surface area contributed by atoms with Crippen LogP contribution in [0.15, 0.2) is 70.0 Å². The maximum absolute atomic E-state index is 13.4. The molecule has 0 spiro atoms. The second-order valence-electron chi connectivity index (χ2n) is 6.65. The minimum atomic E-state index is -4.19. The van der Waals surface area contributed by atoms with Gasteiger partial charge in [0.2, 0.25) is 0 Å². The van der Waals surface area contributed by atoms with Gasteiger partial charge >= 0.3 is 0 Å². The van der Waals surface area contributed by atoms with E-state index in [2.05, 4.69) is 15.0 Å². The SMILES string of the molecule is Cc1ccc(CNc2ccc3c(NS(=O)(=O)c4cc(F)cc(F)c4)cccc3n2)o1. The molecular formula is C21H17F2N3O3S. The number of hydrogen-bond donors (Lipinski definition) is 2. The van der Waals surface area contributed by atoms with Crippen LogP contribution in [0, 0.1) is 18.6 Å². The van der Waals surface area contributed by atoms with E-state index in [4.69, 9.17) is 4.42 Å². The highest BCUT2D eigenvalue weighted by Gasteiger charge is 2.18. The molecule has 2 aromatic heterocycles. The summed E-state index contributed by atoms with van der Waals surface area (Å²) in [6, 6.07) is 14.2. The highest BCUT2D eigenvalue weighted by molar-refractivity contribution is 7.92. The molecule has 30 heavy (non-hydrogen) atoms. The zero-order chi connectivity index (χ0) is 21.3. The third kappa shape index (κ3) is 4.25. The van der Waals surface area contributed by atoms with Crippen LogP contribution >= 0.6 is 0 Å². The first-order valence-corrected chi connectivity index (χ1v) is 10.5. The van der Waals surface area contributed by atoms with Gasteiger partial charge in [-0.3, -0.25) is 4.72 Å². The van der Waals surface area contributed by atoms with Crippen LogP contribution in [-0.4, -0.2) is 13.4 Å². The van der Waals surface area contributed by atoms with Crippen molar-refractivity contribution in [2.24, 2.45) is 0 Å². The van der Waals surface area contributed by atoms with Gasteiger partial charge in [0.15, 0.2) is 0 Å². The molecule has 2 N–H and O–H groups in total. The Morgan fingerprint density at radius 2 is 1.77 bits per heavy atom. The largest absolute Gasteiger partial charge is 0.465 e. The zero-order valence-corrected chi connectivity index (χ0v) is 16.6. The van der Waals surface area contributed by atoms with Crippen LogP contribution in [0.4, 0.5) is 20.3 Å². The number of anilines is 2. The first-order valence-electron chi connectivity index (χ1n) is 8.98. The molecule has 154 valence electrons. The highest BCUT2D eigenvalue weighted by Crippen LogP contribution is 2.26. The summed E-state index contributed by atoms with van der Waals surface area (Å²) in [7, 11) is -4.19. The molecule has 0 aliphatic carbocycles. The molecule has 0 unspecified atom stereocenters. The van der Waals surface area contributed by atoms with Gasteiger partial charge < -0.3 is 9.73 Å². The van der Waals surface area contributed by atoms with Gasteiger partial charge in [0, 0.05) is 11.5 Å². The van der Waals surface area contributed by atoms with Crippen molar-refractivity contribution in [3.63, 3.8) is 0 Å². The molecule has 0 amide bonds. The predicted molar refractivity (Wildman–Crippen MR) is 110 cm³/mol. The number of furan rings is 1. The van der Waals surface area contributed by atoms with Crippen LogP contribution in [0.5, 0.6) is 0 Å². The maximum atomic E-state index is 13.4. The fourth-order valence-electron chi connectivity index (χ4n) is 2.99. The third-order valence-electron chi connectivity index (χ3n) is 4.36. The first kappa shape index (κ1) is 19.8. The van der Waals surface area contributed by atoms with Gasteiger partial charge in [-0.2, -0.15) is 0 Å². The van der Waals surface area contributed by atoms with Crippen molar-refractivity contribution >= 4 is 32.4 Å². The molecule has 0 aliphatic rings. The van der Waals surface area contributed by atoms with Crippen molar-refractivity contribution in [3.8, 4) is 0 Å². The molecule has 2 heterocycles. The van der Waals surface area contributed by atoms with Gasteiger partial charge in [0.05, 0.1) is 22.6 Å². The molecule has 4 aromatic rings. The predicted octanol–water partition coefficient (Wildman–Crippen LogP) is 4.83. The number of nitrogens with zero attached hydrogens (tertiary/aromatic N) is 1. The Kier molecular flexibility index (Phi) is 5.13. The number of halogens is 2. The average Bonchev–Trinajstić information content (AvgIpc) is 3.11. The molecule has 6 nitrogen and oxygen atoms in total. The minimum absolute atomic E-state index is 0.248. The molecular weight excluding hydrogens is 412 g/mol. The van der Waals surface area contributed by atoms with Gasteiger partial charge in [0.1, 0.15) is 29.0 Å². The summed E-state index contributed by atoms with van der Waals surface area (Å²) in [5, 5.41) is 3.68. The summed E-state index contributed by atoms with van der Waals surface area (Å²) < 4.78 is 59.9. The lowest BCUT2D eigenvalue weighted by Crippen LogP contribution is -2.14. The summed E-state index contributed by atoms with van der Waals surface area (Å²) in [5.74, 6) is 0.213. The second kappa shape index (κ2) is 7.75. The lowest BCUT2D eigenvalue weighted by molar-refractivity contribution is 0.490. The van der Waals surface area contributed by atoms with Crippen molar-refractivity contribution in [2.45, 2.75) is 18.4 Å². The van der Waals surface area contributed by atoms with Crippen molar-refractivity contribution in [1.82, 2.24) is 4.98 Å². The molecule has 4 rings (SSSR count). The lowest BCUT2D eigenvalue weighted by atomic mass is 10.2. The van der Waals surface area contributed by atoms with Gasteiger partial charge in [-0.25, -0.2) is 22.2 Å². The number of pyridine rings is 1. The summed E-state index contributed by atoms with van der Waals surface area (Å²) in [5.41, 5.74) is 0.791.